The normalized spacial score (nSPS) is 19.1. The molecule has 3 nitrogen and oxygen atoms in total. The van der Waals surface area contributed by atoms with E-state index in [1.807, 2.05) is 12.1 Å². The van der Waals surface area contributed by atoms with E-state index >= 15 is 0 Å². The fourth-order valence-corrected chi connectivity index (χ4v) is 3.37. The van der Waals surface area contributed by atoms with Gasteiger partial charge in [-0.05, 0) is 29.3 Å². The highest BCUT2D eigenvalue weighted by Crippen LogP contribution is 2.44. The largest absolute Gasteiger partial charge is 0.372 e. The number of nitrogens with zero attached hydrogens (tertiary/aromatic N) is 1. The van der Waals surface area contributed by atoms with Crippen LogP contribution in [0.2, 0.25) is 0 Å². The third-order valence-corrected chi connectivity index (χ3v) is 4.56. The summed E-state index contributed by atoms with van der Waals surface area (Å²) < 4.78 is 13.5. The number of benzene rings is 3. The van der Waals surface area contributed by atoms with E-state index in [1.54, 1.807) is 54.6 Å². The van der Waals surface area contributed by atoms with E-state index in [0.29, 0.717) is 22.4 Å². The topological polar surface area (TPSA) is 40.5 Å². The molecule has 1 amide bonds. The van der Waals surface area contributed by atoms with Gasteiger partial charge in [0, 0.05) is 5.56 Å². The van der Waals surface area contributed by atoms with Crippen molar-refractivity contribution in [3.05, 3.63) is 101 Å². The predicted molar refractivity (Wildman–Crippen MR) is 93.5 cm³/mol. The van der Waals surface area contributed by atoms with Gasteiger partial charge in [-0.2, -0.15) is 0 Å². The molecule has 0 saturated carbocycles. The second-order valence-corrected chi connectivity index (χ2v) is 6.11. The maximum atomic E-state index is 13.5. The van der Waals surface area contributed by atoms with Gasteiger partial charge in [-0.25, -0.2) is 4.39 Å². The van der Waals surface area contributed by atoms with Crippen molar-refractivity contribution in [2.24, 2.45) is 0 Å². The number of rotatable bonds is 3. The average Bonchev–Trinajstić information content (AvgIpc) is 2.86. The molecule has 0 radical (unpaired) electrons. The number of halogens is 1. The number of aliphatic hydroxyl groups is 1. The lowest BCUT2D eigenvalue weighted by Crippen LogP contribution is -2.40. The van der Waals surface area contributed by atoms with Gasteiger partial charge in [0.25, 0.3) is 5.91 Å². The Labute approximate surface area is 145 Å². The molecule has 0 aliphatic carbocycles. The molecule has 1 heterocycles. The Morgan fingerprint density at radius 3 is 2.40 bits per heavy atom. The Hall–Kier alpha value is -2.98. The molecule has 0 saturated heterocycles. The van der Waals surface area contributed by atoms with Gasteiger partial charge < -0.3 is 10.0 Å². The Kier molecular flexibility index (Phi) is 3.62. The SMILES string of the molecule is O=C1N(Cc2cccc(F)c2)c2ccccc2[C@]1(O)c1ccccc1. The van der Waals surface area contributed by atoms with E-state index in [9.17, 15) is 14.3 Å². The lowest BCUT2D eigenvalue weighted by Gasteiger charge is -2.23. The van der Waals surface area contributed by atoms with Crippen LogP contribution in [0.3, 0.4) is 0 Å². The van der Waals surface area contributed by atoms with Crippen molar-refractivity contribution >= 4 is 11.6 Å². The lowest BCUT2D eigenvalue weighted by molar-refractivity contribution is -0.132. The van der Waals surface area contributed by atoms with Gasteiger partial charge in [0.1, 0.15) is 5.82 Å². The number of fused-ring (bicyclic) bond motifs is 1. The van der Waals surface area contributed by atoms with Crippen LogP contribution < -0.4 is 4.90 Å². The van der Waals surface area contributed by atoms with Gasteiger partial charge in [-0.15, -0.1) is 0 Å². The zero-order chi connectivity index (χ0) is 17.4. The molecule has 3 aromatic rings. The molecule has 3 aromatic carbocycles. The zero-order valence-electron chi connectivity index (χ0n) is 13.4. The predicted octanol–water partition coefficient (Wildman–Crippen LogP) is 3.61. The van der Waals surface area contributed by atoms with Crippen LogP contribution in [-0.2, 0) is 16.9 Å². The summed E-state index contributed by atoms with van der Waals surface area (Å²) in [5.74, 6) is -0.778. The summed E-state index contributed by atoms with van der Waals surface area (Å²) in [4.78, 5) is 14.7. The zero-order valence-corrected chi connectivity index (χ0v) is 13.4. The summed E-state index contributed by atoms with van der Waals surface area (Å²) in [5, 5.41) is 11.3. The molecule has 1 N–H and O–H groups in total. The van der Waals surface area contributed by atoms with Crippen molar-refractivity contribution in [3.8, 4) is 0 Å². The molecule has 0 aromatic heterocycles. The third-order valence-electron chi connectivity index (χ3n) is 4.56. The van der Waals surface area contributed by atoms with E-state index in [-0.39, 0.29) is 12.4 Å². The standard InChI is InChI=1S/C21H16FNO2/c22-17-10-6-7-15(13-17)14-23-19-12-5-4-11-18(19)21(25,20(23)24)16-8-2-1-3-9-16/h1-13,25H,14H2/t21-/m1/s1. The van der Waals surface area contributed by atoms with Crippen molar-refractivity contribution in [2.75, 3.05) is 4.90 Å². The highest BCUT2D eigenvalue weighted by molar-refractivity contribution is 6.09. The van der Waals surface area contributed by atoms with E-state index in [4.69, 9.17) is 0 Å². The van der Waals surface area contributed by atoms with Crippen molar-refractivity contribution in [3.63, 3.8) is 0 Å². The van der Waals surface area contributed by atoms with Gasteiger partial charge in [-0.1, -0.05) is 60.7 Å². The summed E-state index contributed by atoms with van der Waals surface area (Å²) in [5.41, 5.74) is 0.644. The van der Waals surface area contributed by atoms with Crippen LogP contribution in [0.1, 0.15) is 16.7 Å². The summed E-state index contributed by atoms with van der Waals surface area (Å²) >= 11 is 0. The average molecular weight is 333 g/mol. The first-order valence-electron chi connectivity index (χ1n) is 8.04. The fourth-order valence-electron chi connectivity index (χ4n) is 3.37. The molecular formula is C21H16FNO2. The molecule has 0 fully saturated rings. The maximum absolute atomic E-state index is 13.5. The monoisotopic (exact) mass is 333 g/mol. The van der Waals surface area contributed by atoms with Gasteiger partial charge in [0.15, 0.2) is 5.60 Å². The minimum absolute atomic E-state index is 0.197. The van der Waals surface area contributed by atoms with Gasteiger partial charge in [0.05, 0.1) is 12.2 Å². The summed E-state index contributed by atoms with van der Waals surface area (Å²) in [6.45, 7) is 0.197. The van der Waals surface area contributed by atoms with E-state index in [1.165, 1.54) is 17.0 Å². The quantitative estimate of drug-likeness (QED) is 0.795. The van der Waals surface area contributed by atoms with Crippen LogP contribution in [0.4, 0.5) is 10.1 Å². The van der Waals surface area contributed by atoms with Crippen molar-refractivity contribution in [1.82, 2.24) is 0 Å². The Balaban J connectivity index is 1.82. The molecule has 124 valence electrons. The van der Waals surface area contributed by atoms with Crippen molar-refractivity contribution < 1.29 is 14.3 Å². The van der Waals surface area contributed by atoms with Crippen molar-refractivity contribution in [2.45, 2.75) is 12.1 Å². The summed E-state index contributed by atoms with van der Waals surface area (Å²) in [7, 11) is 0. The van der Waals surface area contributed by atoms with E-state index in [0.717, 1.165) is 0 Å². The highest BCUT2D eigenvalue weighted by atomic mass is 19.1. The second-order valence-electron chi connectivity index (χ2n) is 6.11. The first kappa shape index (κ1) is 15.5. The first-order chi connectivity index (χ1) is 12.1. The lowest BCUT2D eigenvalue weighted by atomic mass is 9.88. The number of amides is 1. The number of hydrogen-bond donors (Lipinski definition) is 1. The molecule has 0 unspecified atom stereocenters. The van der Waals surface area contributed by atoms with Crippen LogP contribution in [-0.4, -0.2) is 11.0 Å². The van der Waals surface area contributed by atoms with Crippen molar-refractivity contribution in [1.29, 1.82) is 0 Å². The number of para-hydroxylation sites is 1. The number of carbonyl (C=O) groups excluding carboxylic acids is 1. The van der Waals surface area contributed by atoms with Gasteiger partial charge >= 0.3 is 0 Å². The van der Waals surface area contributed by atoms with Crippen LogP contribution in [0.25, 0.3) is 0 Å². The molecule has 0 bridgehead atoms. The van der Waals surface area contributed by atoms with Crippen LogP contribution in [0.5, 0.6) is 0 Å². The molecule has 1 aliphatic rings. The number of hydrogen-bond acceptors (Lipinski definition) is 2. The maximum Gasteiger partial charge on any atom is 0.268 e. The van der Waals surface area contributed by atoms with Crippen LogP contribution in [0.15, 0.2) is 78.9 Å². The molecule has 1 atom stereocenters. The Morgan fingerprint density at radius 2 is 1.64 bits per heavy atom. The first-order valence-corrected chi connectivity index (χ1v) is 8.04. The Bertz CT molecular complexity index is 941. The summed E-state index contributed by atoms with van der Waals surface area (Å²) in [6.07, 6.45) is 0. The Morgan fingerprint density at radius 1 is 0.920 bits per heavy atom. The van der Waals surface area contributed by atoms with E-state index < -0.39 is 11.5 Å². The smallest absolute Gasteiger partial charge is 0.268 e. The van der Waals surface area contributed by atoms with E-state index in [2.05, 4.69) is 0 Å². The fraction of sp³-hybridized carbons (Fsp3) is 0.0952. The third kappa shape index (κ3) is 2.42. The number of anilines is 1. The highest BCUT2D eigenvalue weighted by Gasteiger charge is 2.50. The minimum atomic E-state index is -1.73. The molecular weight excluding hydrogens is 317 g/mol. The summed E-state index contributed by atoms with van der Waals surface area (Å²) in [6, 6.07) is 22.2. The van der Waals surface area contributed by atoms with Gasteiger partial charge in [-0.3, -0.25) is 4.79 Å². The van der Waals surface area contributed by atoms with Gasteiger partial charge in [0.2, 0.25) is 0 Å². The second kappa shape index (κ2) is 5.83. The molecule has 1 aliphatic heterocycles. The molecule has 25 heavy (non-hydrogen) atoms. The number of carbonyl (C=O) groups is 1. The molecule has 0 spiro atoms. The van der Waals surface area contributed by atoms with Crippen LogP contribution in [0, 0.1) is 5.82 Å². The minimum Gasteiger partial charge on any atom is -0.372 e. The van der Waals surface area contributed by atoms with Crippen LogP contribution >= 0.6 is 0 Å². The molecule has 4 heteroatoms. The molecule has 4 rings (SSSR count).